The Kier molecular flexibility index (Phi) is 5.34. The first kappa shape index (κ1) is 17.8. The fourth-order valence-electron chi connectivity index (χ4n) is 3.37. The van der Waals surface area contributed by atoms with Gasteiger partial charge in [0.05, 0.1) is 25.4 Å². The molecule has 0 N–H and O–H groups in total. The van der Waals surface area contributed by atoms with Crippen LogP contribution in [-0.2, 0) is 16.2 Å². The molecule has 6 nitrogen and oxygen atoms in total. The zero-order valence-corrected chi connectivity index (χ0v) is 15.8. The monoisotopic (exact) mass is 360 g/mol. The molecule has 0 saturated carbocycles. The molecule has 3 rings (SSSR count). The van der Waals surface area contributed by atoms with E-state index in [4.69, 9.17) is 17.0 Å². The third-order valence-corrected chi connectivity index (χ3v) is 5.21. The number of aryl methyl sites for hydroxylation is 2. The quantitative estimate of drug-likeness (QED) is 0.620. The number of para-hydroxylation sites is 1. The Labute approximate surface area is 153 Å². The highest BCUT2D eigenvalue weighted by Gasteiger charge is 2.26. The van der Waals surface area contributed by atoms with Crippen molar-refractivity contribution in [3.8, 4) is 5.69 Å². The smallest absolute Gasteiger partial charge is 0.308 e. The number of aromatic nitrogens is 3. The minimum Gasteiger partial charge on any atom is -0.469 e. The van der Waals surface area contributed by atoms with E-state index in [1.165, 1.54) is 12.7 Å². The van der Waals surface area contributed by atoms with Crippen molar-refractivity contribution < 1.29 is 9.53 Å². The van der Waals surface area contributed by atoms with Gasteiger partial charge >= 0.3 is 5.97 Å². The van der Waals surface area contributed by atoms with E-state index in [2.05, 4.69) is 29.1 Å². The van der Waals surface area contributed by atoms with Crippen LogP contribution in [0.15, 0.2) is 24.3 Å². The van der Waals surface area contributed by atoms with Crippen molar-refractivity contribution >= 4 is 18.2 Å². The van der Waals surface area contributed by atoms with Gasteiger partial charge in [0, 0.05) is 13.1 Å². The van der Waals surface area contributed by atoms with Crippen LogP contribution in [0.4, 0.5) is 0 Å². The summed E-state index contributed by atoms with van der Waals surface area (Å²) in [5, 5.41) is 4.63. The van der Waals surface area contributed by atoms with Crippen molar-refractivity contribution in [3.63, 3.8) is 0 Å². The lowest BCUT2D eigenvalue weighted by Gasteiger charge is -2.30. The largest absolute Gasteiger partial charge is 0.469 e. The zero-order chi connectivity index (χ0) is 18.0. The second kappa shape index (κ2) is 7.49. The Bertz CT molecular complexity index is 819. The van der Waals surface area contributed by atoms with Gasteiger partial charge in [-0.05, 0) is 50.5 Å². The van der Waals surface area contributed by atoms with Crippen molar-refractivity contribution in [2.45, 2.75) is 33.4 Å². The Morgan fingerprint density at radius 1 is 1.28 bits per heavy atom. The Hall–Kier alpha value is -1.99. The average molecular weight is 360 g/mol. The van der Waals surface area contributed by atoms with Crippen molar-refractivity contribution in [1.29, 1.82) is 0 Å². The molecule has 1 fully saturated rings. The molecular weight excluding hydrogens is 336 g/mol. The maximum Gasteiger partial charge on any atom is 0.308 e. The molecule has 1 aliphatic heterocycles. The molecule has 25 heavy (non-hydrogen) atoms. The van der Waals surface area contributed by atoms with Crippen molar-refractivity contribution in [1.82, 2.24) is 19.2 Å². The Morgan fingerprint density at radius 3 is 2.60 bits per heavy atom. The number of benzene rings is 1. The number of methoxy groups -OCH3 is 1. The van der Waals surface area contributed by atoms with Gasteiger partial charge < -0.3 is 4.74 Å². The van der Waals surface area contributed by atoms with Crippen LogP contribution in [0.1, 0.15) is 24.2 Å². The molecule has 2 heterocycles. The molecular formula is C18H24N4O2S. The van der Waals surface area contributed by atoms with Crippen LogP contribution >= 0.6 is 12.2 Å². The Morgan fingerprint density at radius 2 is 1.96 bits per heavy atom. The lowest BCUT2D eigenvalue weighted by molar-refractivity contribution is -0.147. The molecule has 1 aromatic heterocycles. The SMILES string of the molecule is COC(=O)C1CCN(Cn2nc(C)n(-c3ccccc3C)c2=S)CC1. The van der Waals surface area contributed by atoms with Crippen LogP contribution in [0.5, 0.6) is 0 Å². The molecule has 0 aliphatic carbocycles. The molecule has 0 unspecified atom stereocenters. The molecule has 1 aromatic carbocycles. The summed E-state index contributed by atoms with van der Waals surface area (Å²) in [6.07, 6.45) is 1.63. The summed E-state index contributed by atoms with van der Waals surface area (Å²) < 4.78 is 9.43. The number of ether oxygens (including phenoxy) is 1. The van der Waals surface area contributed by atoms with Gasteiger partial charge in [-0.2, -0.15) is 5.10 Å². The normalized spacial score (nSPS) is 16.1. The van der Waals surface area contributed by atoms with E-state index in [0.717, 1.165) is 37.4 Å². The molecule has 0 amide bonds. The van der Waals surface area contributed by atoms with Crippen molar-refractivity contribution in [2.75, 3.05) is 20.2 Å². The fourth-order valence-corrected chi connectivity index (χ4v) is 3.70. The van der Waals surface area contributed by atoms with Gasteiger partial charge in [-0.1, -0.05) is 18.2 Å². The van der Waals surface area contributed by atoms with Gasteiger partial charge in [-0.3, -0.25) is 14.3 Å². The number of likely N-dealkylation sites (tertiary alicyclic amines) is 1. The van der Waals surface area contributed by atoms with E-state index < -0.39 is 0 Å². The minimum atomic E-state index is -0.101. The first-order chi connectivity index (χ1) is 12.0. The maximum absolute atomic E-state index is 11.6. The van der Waals surface area contributed by atoms with E-state index in [0.29, 0.717) is 11.4 Å². The van der Waals surface area contributed by atoms with Crippen LogP contribution < -0.4 is 0 Å². The standard InChI is InChI=1S/C18H24N4O2S/c1-13-6-4-5-7-16(13)22-14(2)19-21(18(22)25)12-20-10-8-15(9-11-20)17(23)24-3/h4-7,15H,8-12H2,1-3H3. The molecule has 1 aliphatic rings. The van der Waals surface area contributed by atoms with E-state index >= 15 is 0 Å². The lowest BCUT2D eigenvalue weighted by Crippen LogP contribution is -2.38. The number of nitrogens with zero attached hydrogens (tertiary/aromatic N) is 4. The number of rotatable bonds is 4. The summed E-state index contributed by atoms with van der Waals surface area (Å²) in [7, 11) is 1.45. The zero-order valence-electron chi connectivity index (χ0n) is 14.9. The van der Waals surface area contributed by atoms with Gasteiger partial charge in [-0.25, -0.2) is 4.68 Å². The second-order valence-electron chi connectivity index (χ2n) is 6.51. The summed E-state index contributed by atoms with van der Waals surface area (Å²) in [5.41, 5.74) is 2.24. The highest BCUT2D eigenvalue weighted by molar-refractivity contribution is 7.71. The number of hydrogen-bond donors (Lipinski definition) is 0. The highest BCUT2D eigenvalue weighted by Crippen LogP contribution is 2.20. The molecule has 0 radical (unpaired) electrons. The number of hydrogen-bond acceptors (Lipinski definition) is 5. The molecule has 0 atom stereocenters. The third-order valence-electron chi connectivity index (χ3n) is 4.81. The van der Waals surface area contributed by atoms with Gasteiger partial charge in [0.15, 0.2) is 0 Å². The van der Waals surface area contributed by atoms with Gasteiger partial charge in [0.2, 0.25) is 4.77 Å². The third kappa shape index (κ3) is 3.67. The van der Waals surface area contributed by atoms with Gasteiger partial charge in [-0.15, -0.1) is 0 Å². The second-order valence-corrected chi connectivity index (χ2v) is 6.87. The first-order valence-corrected chi connectivity index (χ1v) is 8.94. The van der Waals surface area contributed by atoms with Crippen LogP contribution in [0.25, 0.3) is 5.69 Å². The van der Waals surface area contributed by atoms with Crippen LogP contribution in [-0.4, -0.2) is 45.4 Å². The Balaban J connectivity index is 1.75. The summed E-state index contributed by atoms with van der Waals surface area (Å²) in [6.45, 7) is 6.38. The molecule has 2 aromatic rings. The topological polar surface area (TPSA) is 52.3 Å². The molecule has 1 saturated heterocycles. The molecule has 134 valence electrons. The number of esters is 1. The summed E-state index contributed by atoms with van der Waals surface area (Å²) >= 11 is 5.67. The number of piperidine rings is 1. The maximum atomic E-state index is 11.6. The highest BCUT2D eigenvalue weighted by atomic mass is 32.1. The summed E-state index contributed by atoms with van der Waals surface area (Å²) in [4.78, 5) is 13.9. The van der Waals surface area contributed by atoms with E-state index in [9.17, 15) is 4.79 Å². The molecule has 0 bridgehead atoms. The van der Waals surface area contributed by atoms with Gasteiger partial charge in [0.1, 0.15) is 5.82 Å². The molecule has 0 spiro atoms. The van der Waals surface area contributed by atoms with Crippen LogP contribution in [0, 0.1) is 24.5 Å². The first-order valence-electron chi connectivity index (χ1n) is 8.54. The summed E-state index contributed by atoms with van der Waals surface area (Å²) in [5.74, 6) is 0.792. The predicted molar refractivity (Wildman–Crippen MR) is 98.2 cm³/mol. The van der Waals surface area contributed by atoms with E-state index in [1.54, 1.807) is 0 Å². The van der Waals surface area contributed by atoms with Gasteiger partial charge in [0.25, 0.3) is 0 Å². The van der Waals surface area contributed by atoms with E-state index in [1.807, 2.05) is 28.3 Å². The van der Waals surface area contributed by atoms with Crippen LogP contribution in [0.3, 0.4) is 0 Å². The van der Waals surface area contributed by atoms with Crippen LogP contribution in [0.2, 0.25) is 0 Å². The number of carbonyl (C=O) groups is 1. The summed E-state index contributed by atoms with van der Waals surface area (Å²) in [6, 6.07) is 8.17. The minimum absolute atomic E-state index is 0.0143. The van der Waals surface area contributed by atoms with Crippen molar-refractivity contribution in [2.24, 2.45) is 5.92 Å². The molecule has 7 heteroatoms. The fraction of sp³-hybridized carbons (Fsp3) is 0.500. The predicted octanol–water partition coefficient (Wildman–Crippen LogP) is 2.86. The van der Waals surface area contributed by atoms with Crippen molar-refractivity contribution in [3.05, 3.63) is 40.4 Å². The number of carbonyl (C=O) groups excluding carboxylic acids is 1. The van der Waals surface area contributed by atoms with E-state index in [-0.39, 0.29) is 11.9 Å². The lowest BCUT2D eigenvalue weighted by atomic mass is 9.97. The average Bonchev–Trinajstić information content (AvgIpc) is 2.89.